The number of hydrogen-bond acceptors (Lipinski definition) is 5. The van der Waals surface area contributed by atoms with Gasteiger partial charge in [0.25, 0.3) is 5.91 Å². The third-order valence-corrected chi connectivity index (χ3v) is 3.76. The van der Waals surface area contributed by atoms with Gasteiger partial charge >= 0.3 is 0 Å². The molecule has 2 N–H and O–H groups in total. The van der Waals surface area contributed by atoms with Crippen LogP contribution in [-0.4, -0.2) is 38.7 Å². The Morgan fingerprint density at radius 2 is 2.18 bits per heavy atom. The van der Waals surface area contributed by atoms with Crippen LogP contribution in [0.15, 0.2) is 18.7 Å². The van der Waals surface area contributed by atoms with Gasteiger partial charge in [-0.15, -0.1) is 0 Å². The molecule has 0 radical (unpaired) electrons. The summed E-state index contributed by atoms with van der Waals surface area (Å²) in [4.78, 5) is 20.2. The van der Waals surface area contributed by atoms with E-state index in [0.717, 1.165) is 16.8 Å². The SMILES string of the molecule is C[C@@H]1Cc2c(C(=O)NCCc3cncnc3)n[nH]c2[C@H](C)O1. The summed E-state index contributed by atoms with van der Waals surface area (Å²) in [7, 11) is 0. The van der Waals surface area contributed by atoms with Crippen LogP contribution in [0.3, 0.4) is 0 Å². The van der Waals surface area contributed by atoms with E-state index in [1.165, 1.54) is 6.33 Å². The highest BCUT2D eigenvalue weighted by Crippen LogP contribution is 2.29. The zero-order chi connectivity index (χ0) is 15.5. The number of carbonyl (C=O) groups excluding carboxylic acids is 1. The Bertz CT molecular complexity index is 655. The minimum Gasteiger partial charge on any atom is -0.369 e. The van der Waals surface area contributed by atoms with Crippen molar-refractivity contribution in [2.45, 2.75) is 38.9 Å². The van der Waals surface area contributed by atoms with Crippen LogP contribution in [0.1, 0.15) is 47.3 Å². The molecule has 0 spiro atoms. The topological polar surface area (TPSA) is 92.8 Å². The van der Waals surface area contributed by atoms with Gasteiger partial charge in [0.05, 0.1) is 17.9 Å². The number of rotatable bonds is 4. The molecule has 7 heteroatoms. The van der Waals surface area contributed by atoms with Gasteiger partial charge in [-0.25, -0.2) is 9.97 Å². The zero-order valence-corrected chi connectivity index (χ0v) is 12.7. The Morgan fingerprint density at radius 1 is 1.41 bits per heavy atom. The first-order chi connectivity index (χ1) is 10.6. The summed E-state index contributed by atoms with van der Waals surface area (Å²) in [5, 5.41) is 9.99. The van der Waals surface area contributed by atoms with Gasteiger partial charge in [-0.2, -0.15) is 5.10 Å². The maximum absolute atomic E-state index is 12.3. The molecule has 2 aromatic rings. The van der Waals surface area contributed by atoms with Gasteiger partial charge in [-0.3, -0.25) is 9.89 Å². The molecule has 2 aromatic heterocycles. The van der Waals surface area contributed by atoms with Gasteiger partial charge in [0.2, 0.25) is 0 Å². The maximum atomic E-state index is 12.3. The first kappa shape index (κ1) is 14.6. The fourth-order valence-corrected chi connectivity index (χ4v) is 2.72. The molecule has 3 heterocycles. The van der Waals surface area contributed by atoms with Crippen LogP contribution >= 0.6 is 0 Å². The van der Waals surface area contributed by atoms with E-state index in [9.17, 15) is 4.79 Å². The van der Waals surface area contributed by atoms with Crippen molar-refractivity contribution in [3.63, 3.8) is 0 Å². The Kier molecular flexibility index (Phi) is 4.15. The van der Waals surface area contributed by atoms with Crippen LogP contribution in [0.25, 0.3) is 0 Å². The maximum Gasteiger partial charge on any atom is 0.272 e. The van der Waals surface area contributed by atoms with Crippen molar-refractivity contribution in [1.29, 1.82) is 0 Å². The molecule has 1 aliphatic heterocycles. The molecule has 0 unspecified atom stereocenters. The third-order valence-electron chi connectivity index (χ3n) is 3.76. The highest BCUT2D eigenvalue weighted by atomic mass is 16.5. The number of amides is 1. The lowest BCUT2D eigenvalue weighted by Gasteiger charge is -2.25. The molecule has 0 saturated heterocycles. The number of hydrogen-bond donors (Lipinski definition) is 2. The first-order valence-corrected chi connectivity index (χ1v) is 7.40. The summed E-state index contributed by atoms with van der Waals surface area (Å²) >= 11 is 0. The Hall–Kier alpha value is -2.28. The molecule has 0 aromatic carbocycles. The fraction of sp³-hybridized carbons (Fsp3) is 0.467. The summed E-state index contributed by atoms with van der Waals surface area (Å²) in [6.07, 6.45) is 6.40. The fourth-order valence-electron chi connectivity index (χ4n) is 2.72. The minimum atomic E-state index is -0.157. The highest BCUT2D eigenvalue weighted by molar-refractivity contribution is 5.94. The Morgan fingerprint density at radius 3 is 2.95 bits per heavy atom. The molecular formula is C15H19N5O2. The van der Waals surface area contributed by atoms with Crippen molar-refractivity contribution in [1.82, 2.24) is 25.5 Å². The van der Waals surface area contributed by atoms with Crippen molar-refractivity contribution < 1.29 is 9.53 Å². The molecule has 7 nitrogen and oxygen atoms in total. The number of nitrogens with zero attached hydrogens (tertiary/aromatic N) is 3. The van der Waals surface area contributed by atoms with Crippen LogP contribution in [0.5, 0.6) is 0 Å². The standard InChI is InChI=1S/C15H19N5O2/c1-9-5-12-13(10(2)22-9)19-20-14(12)15(21)18-4-3-11-6-16-8-17-7-11/h6-10H,3-5H2,1-2H3,(H,18,21)(H,19,20)/t9-,10+/m1/s1. The average molecular weight is 301 g/mol. The van der Waals surface area contributed by atoms with Crippen molar-refractivity contribution in [3.05, 3.63) is 41.2 Å². The second kappa shape index (κ2) is 6.23. The van der Waals surface area contributed by atoms with E-state index in [2.05, 4.69) is 25.5 Å². The van der Waals surface area contributed by atoms with E-state index in [1.54, 1.807) is 12.4 Å². The predicted molar refractivity (Wildman–Crippen MR) is 79.3 cm³/mol. The minimum absolute atomic E-state index is 0.0609. The summed E-state index contributed by atoms with van der Waals surface area (Å²) in [5.41, 5.74) is 3.33. The molecule has 1 aliphatic rings. The smallest absolute Gasteiger partial charge is 0.272 e. The largest absolute Gasteiger partial charge is 0.369 e. The van der Waals surface area contributed by atoms with Gasteiger partial charge in [-0.05, 0) is 25.8 Å². The normalized spacial score (nSPS) is 20.5. The van der Waals surface area contributed by atoms with Crippen molar-refractivity contribution in [2.24, 2.45) is 0 Å². The highest BCUT2D eigenvalue weighted by Gasteiger charge is 2.29. The molecule has 0 saturated carbocycles. The molecule has 2 atom stereocenters. The molecule has 0 bridgehead atoms. The lowest BCUT2D eigenvalue weighted by atomic mass is 9.99. The Balaban J connectivity index is 1.64. The average Bonchev–Trinajstić information content (AvgIpc) is 2.92. The molecule has 3 rings (SSSR count). The van der Waals surface area contributed by atoms with Crippen LogP contribution in [0.2, 0.25) is 0 Å². The molecule has 0 aliphatic carbocycles. The van der Waals surface area contributed by atoms with Crippen LogP contribution < -0.4 is 5.32 Å². The molecule has 22 heavy (non-hydrogen) atoms. The second-order valence-electron chi connectivity index (χ2n) is 5.51. The van der Waals surface area contributed by atoms with Crippen molar-refractivity contribution in [2.75, 3.05) is 6.54 Å². The number of aromatic amines is 1. The van der Waals surface area contributed by atoms with Gasteiger partial charge in [0.15, 0.2) is 5.69 Å². The number of carbonyl (C=O) groups is 1. The summed E-state index contributed by atoms with van der Waals surface area (Å²) in [6, 6.07) is 0. The van der Waals surface area contributed by atoms with Gasteiger partial charge in [0.1, 0.15) is 6.33 Å². The third kappa shape index (κ3) is 2.99. The lowest BCUT2D eigenvalue weighted by molar-refractivity contribution is -0.00697. The monoisotopic (exact) mass is 301 g/mol. The van der Waals surface area contributed by atoms with Gasteiger partial charge in [0, 0.05) is 30.9 Å². The lowest BCUT2D eigenvalue weighted by Crippen LogP contribution is -2.29. The van der Waals surface area contributed by atoms with E-state index < -0.39 is 0 Å². The number of nitrogens with one attached hydrogen (secondary N) is 2. The number of aromatic nitrogens is 4. The zero-order valence-electron chi connectivity index (χ0n) is 12.7. The van der Waals surface area contributed by atoms with Crippen molar-refractivity contribution >= 4 is 5.91 Å². The summed E-state index contributed by atoms with van der Waals surface area (Å²) < 4.78 is 5.73. The van der Waals surface area contributed by atoms with E-state index in [-0.39, 0.29) is 18.1 Å². The molecule has 1 amide bonds. The van der Waals surface area contributed by atoms with Crippen molar-refractivity contribution in [3.8, 4) is 0 Å². The van der Waals surface area contributed by atoms with E-state index in [1.807, 2.05) is 13.8 Å². The van der Waals surface area contributed by atoms with Crippen LogP contribution in [0, 0.1) is 0 Å². The first-order valence-electron chi connectivity index (χ1n) is 7.40. The van der Waals surface area contributed by atoms with Gasteiger partial charge in [-0.1, -0.05) is 0 Å². The number of fused-ring (bicyclic) bond motifs is 1. The van der Waals surface area contributed by atoms with E-state index >= 15 is 0 Å². The van der Waals surface area contributed by atoms with E-state index in [4.69, 9.17) is 4.74 Å². The van der Waals surface area contributed by atoms with E-state index in [0.29, 0.717) is 25.1 Å². The second-order valence-corrected chi connectivity index (χ2v) is 5.51. The predicted octanol–water partition coefficient (Wildman–Crippen LogP) is 1.19. The van der Waals surface area contributed by atoms with Gasteiger partial charge < -0.3 is 10.1 Å². The number of ether oxygens (including phenoxy) is 1. The molecule has 116 valence electrons. The number of H-pyrrole nitrogens is 1. The van der Waals surface area contributed by atoms with Crippen LogP contribution in [0.4, 0.5) is 0 Å². The summed E-state index contributed by atoms with van der Waals surface area (Å²) in [5.74, 6) is -0.157. The van der Waals surface area contributed by atoms with Crippen LogP contribution in [-0.2, 0) is 17.6 Å². The molecule has 0 fully saturated rings. The Labute approximate surface area is 128 Å². The molecular weight excluding hydrogens is 282 g/mol. The summed E-state index contributed by atoms with van der Waals surface area (Å²) in [6.45, 7) is 4.49. The quantitative estimate of drug-likeness (QED) is 0.885.